The molecule has 86 valence electrons. The highest BCUT2D eigenvalue weighted by atomic mass is 19.4. The monoisotopic (exact) mass is 221 g/mol. The molecule has 0 saturated heterocycles. The largest absolute Gasteiger partial charge is 0.389 e. The third-order valence-corrected chi connectivity index (χ3v) is 1.93. The number of aromatic nitrogens is 2. The molecule has 1 heterocycles. The molecule has 15 heavy (non-hydrogen) atoms. The van der Waals surface area contributed by atoms with Crippen molar-refractivity contribution in [3.63, 3.8) is 0 Å². The topological polar surface area (TPSA) is 40.7 Å². The SMILES string of the molecule is FC(F)(F)CCCCNCc1cnc[nH]1. The zero-order valence-electron chi connectivity index (χ0n) is 8.27. The molecule has 0 radical (unpaired) electrons. The van der Waals surface area contributed by atoms with Gasteiger partial charge in [0.2, 0.25) is 0 Å². The van der Waals surface area contributed by atoms with Crippen molar-refractivity contribution in [2.75, 3.05) is 6.54 Å². The summed E-state index contributed by atoms with van der Waals surface area (Å²) in [7, 11) is 0. The number of imidazole rings is 1. The van der Waals surface area contributed by atoms with Crippen LogP contribution in [-0.2, 0) is 6.54 Å². The average molecular weight is 221 g/mol. The first-order valence-electron chi connectivity index (χ1n) is 4.82. The molecule has 0 unspecified atom stereocenters. The Morgan fingerprint density at radius 2 is 2.13 bits per heavy atom. The van der Waals surface area contributed by atoms with Gasteiger partial charge in [0.15, 0.2) is 0 Å². The normalized spacial score (nSPS) is 11.9. The maximum absolute atomic E-state index is 11.8. The molecular formula is C9H14F3N3. The Balaban J connectivity index is 1.94. The van der Waals surface area contributed by atoms with Crippen molar-refractivity contribution in [1.82, 2.24) is 15.3 Å². The van der Waals surface area contributed by atoms with Gasteiger partial charge in [0, 0.05) is 24.9 Å². The molecule has 6 heteroatoms. The third kappa shape index (κ3) is 6.11. The molecule has 0 aliphatic heterocycles. The lowest BCUT2D eigenvalue weighted by atomic mass is 10.2. The van der Waals surface area contributed by atoms with Crippen LogP contribution in [0, 0.1) is 0 Å². The summed E-state index contributed by atoms with van der Waals surface area (Å²) in [5.74, 6) is 0. The summed E-state index contributed by atoms with van der Waals surface area (Å²) in [4.78, 5) is 6.72. The fraction of sp³-hybridized carbons (Fsp3) is 0.667. The van der Waals surface area contributed by atoms with Gasteiger partial charge in [-0.25, -0.2) is 4.98 Å². The van der Waals surface area contributed by atoms with Gasteiger partial charge < -0.3 is 10.3 Å². The van der Waals surface area contributed by atoms with E-state index in [2.05, 4.69) is 15.3 Å². The first-order chi connectivity index (χ1) is 7.08. The Morgan fingerprint density at radius 1 is 1.33 bits per heavy atom. The van der Waals surface area contributed by atoms with Crippen molar-refractivity contribution in [2.24, 2.45) is 0 Å². The fourth-order valence-corrected chi connectivity index (χ4v) is 1.18. The average Bonchev–Trinajstić information content (AvgIpc) is 2.61. The number of nitrogens with zero attached hydrogens (tertiary/aromatic N) is 1. The van der Waals surface area contributed by atoms with Gasteiger partial charge in [-0.2, -0.15) is 13.2 Å². The van der Waals surface area contributed by atoms with E-state index in [0.717, 1.165) is 5.69 Å². The Bertz CT molecular complexity index is 256. The lowest BCUT2D eigenvalue weighted by Crippen LogP contribution is -2.16. The lowest BCUT2D eigenvalue weighted by molar-refractivity contribution is -0.135. The smallest absolute Gasteiger partial charge is 0.347 e. The predicted molar refractivity (Wildman–Crippen MR) is 50.2 cm³/mol. The number of hydrogen-bond acceptors (Lipinski definition) is 2. The quantitative estimate of drug-likeness (QED) is 0.723. The maximum atomic E-state index is 11.8. The van der Waals surface area contributed by atoms with E-state index in [1.54, 1.807) is 12.5 Å². The van der Waals surface area contributed by atoms with Crippen molar-refractivity contribution >= 4 is 0 Å². The van der Waals surface area contributed by atoms with Crippen LogP contribution in [0.25, 0.3) is 0 Å². The highest BCUT2D eigenvalue weighted by molar-refractivity contribution is 4.92. The number of aromatic amines is 1. The molecule has 0 amide bonds. The Labute approximate surface area is 86.1 Å². The van der Waals surface area contributed by atoms with Crippen LogP contribution in [0.4, 0.5) is 13.2 Å². The van der Waals surface area contributed by atoms with Crippen molar-refractivity contribution < 1.29 is 13.2 Å². The van der Waals surface area contributed by atoms with E-state index in [0.29, 0.717) is 19.5 Å². The minimum atomic E-state index is -4.02. The van der Waals surface area contributed by atoms with Crippen LogP contribution in [0.3, 0.4) is 0 Å². The van der Waals surface area contributed by atoms with Gasteiger partial charge >= 0.3 is 6.18 Å². The van der Waals surface area contributed by atoms with Crippen molar-refractivity contribution in [1.29, 1.82) is 0 Å². The number of alkyl halides is 3. The summed E-state index contributed by atoms with van der Waals surface area (Å²) in [6.45, 7) is 1.21. The molecule has 2 N–H and O–H groups in total. The molecule has 0 atom stereocenters. The van der Waals surface area contributed by atoms with Gasteiger partial charge in [-0.3, -0.25) is 0 Å². The van der Waals surface area contributed by atoms with Crippen LogP contribution in [0.15, 0.2) is 12.5 Å². The van der Waals surface area contributed by atoms with Crippen LogP contribution < -0.4 is 5.32 Å². The van der Waals surface area contributed by atoms with Crippen molar-refractivity contribution in [3.8, 4) is 0 Å². The van der Waals surface area contributed by atoms with E-state index in [9.17, 15) is 13.2 Å². The summed E-state index contributed by atoms with van der Waals surface area (Å²) in [6, 6.07) is 0. The van der Waals surface area contributed by atoms with E-state index in [1.165, 1.54) is 0 Å². The van der Waals surface area contributed by atoms with Gasteiger partial charge in [0.1, 0.15) is 0 Å². The summed E-state index contributed by atoms with van der Waals surface area (Å²) in [5, 5.41) is 3.04. The Morgan fingerprint density at radius 3 is 2.73 bits per heavy atom. The number of hydrogen-bond donors (Lipinski definition) is 2. The molecular weight excluding hydrogens is 207 g/mol. The highest BCUT2D eigenvalue weighted by Gasteiger charge is 2.25. The van der Waals surface area contributed by atoms with Crippen LogP contribution in [0.1, 0.15) is 25.0 Å². The number of rotatable bonds is 6. The summed E-state index contributed by atoms with van der Waals surface area (Å²) >= 11 is 0. The molecule has 1 rings (SSSR count). The van der Waals surface area contributed by atoms with Crippen molar-refractivity contribution in [2.45, 2.75) is 32.0 Å². The second-order valence-corrected chi connectivity index (χ2v) is 3.33. The molecule has 0 spiro atoms. The minimum Gasteiger partial charge on any atom is -0.347 e. The van der Waals surface area contributed by atoms with Crippen LogP contribution >= 0.6 is 0 Å². The molecule has 0 saturated carbocycles. The van der Waals surface area contributed by atoms with E-state index in [4.69, 9.17) is 0 Å². The molecule has 3 nitrogen and oxygen atoms in total. The molecule has 0 fully saturated rings. The van der Waals surface area contributed by atoms with Gasteiger partial charge in [0.05, 0.1) is 6.33 Å². The zero-order chi connectivity index (χ0) is 11.1. The summed E-state index contributed by atoms with van der Waals surface area (Å²) < 4.78 is 35.3. The summed E-state index contributed by atoms with van der Waals surface area (Å²) in [5.41, 5.74) is 0.936. The predicted octanol–water partition coefficient (Wildman–Crippen LogP) is 2.23. The number of unbranched alkanes of at least 4 members (excludes halogenated alkanes) is 1. The van der Waals surface area contributed by atoms with E-state index in [1.807, 2.05) is 0 Å². The Kier molecular flexibility index (Phi) is 4.61. The Hall–Kier alpha value is -1.04. The molecule has 0 aliphatic rings. The number of halogens is 3. The van der Waals surface area contributed by atoms with Gasteiger partial charge in [-0.1, -0.05) is 0 Å². The lowest BCUT2D eigenvalue weighted by Gasteiger charge is -2.06. The fourth-order valence-electron chi connectivity index (χ4n) is 1.18. The first kappa shape index (κ1) is 12.0. The molecule has 1 aromatic heterocycles. The number of nitrogens with one attached hydrogen (secondary N) is 2. The zero-order valence-corrected chi connectivity index (χ0v) is 8.27. The van der Waals surface area contributed by atoms with Gasteiger partial charge in [-0.05, 0) is 19.4 Å². The van der Waals surface area contributed by atoms with Crippen LogP contribution in [-0.4, -0.2) is 22.7 Å². The number of H-pyrrole nitrogens is 1. The standard InChI is InChI=1S/C9H14F3N3/c10-9(11,12)3-1-2-4-13-5-8-6-14-7-15-8/h6-7,13H,1-5H2,(H,14,15). The van der Waals surface area contributed by atoms with E-state index in [-0.39, 0.29) is 6.42 Å². The minimum absolute atomic E-state index is 0.180. The summed E-state index contributed by atoms with van der Waals surface area (Å²) in [6.07, 6.45) is -0.751. The molecule has 0 aromatic carbocycles. The van der Waals surface area contributed by atoms with Crippen LogP contribution in [0.5, 0.6) is 0 Å². The first-order valence-corrected chi connectivity index (χ1v) is 4.82. The second kappa shape index (κ2) is 5.75. The molecule has 0 aliphatic carbocycles. The second-order valence-electron chi connectivity index (χ2n) is 3.33. The van der Waals surface area contributed by atoms with Gasteiger partial charge in [-0.15, -0.1) is 0 Å². The van der Waals surface area contributed by atoms with E-state index >= 15 is 0 Å². The molecule has 0 bridgehead atoms. The van der Waals surface area contributed by atoms with Crippen molar-refractivity contribution in [3.05, 3.63) is 18.2 Å². The van der Waals surface area contributed by atoms with Crippen LogP contribution in [0.2, 0.25) is 0 Å². The van der Waals surface area contributed by atoms with Gasteiger partial charge in [0.25, 0.3) is 0 Å². The maximum Gasteiger partial charge on any atom is 0.389 e. The van der Waals surface area contributed by atoms with E-state index < -0.39 is 12.6 Å². The highest BCUT2D eigenvalue weighted by Crippen LogP contribution is 2.21. The third-order valence-electron chi connectivity index (χ3n) is 1.93. The molecule has 1 aromatic rings.